The van der Waals surface area contributed by atoms with Gasteiger partial charge in [0.05, 0.1) is 28.2 Å². The second-order valence-corrected chi connectivity index (χ2v) is 10.5. The molecule has 4 heterocycles. The fraction of sp³-hybridized carbons (Fsp3) is 0.440. The molecule has 0 unspecified atom stereocenters. The Labute approximate surface area is 218 Å². The van der Waals surface area contributed by atoms with E-state index in [1.54, 1.807) is 27.8 Å². The van der Waals surface area contributed by atoms with Gasteiger partial charge in [0.1, 0.15) is 24.6 Å². The van der Waals surface area contributed by atoms with Gasteiger partial charge in [0.2, 0.25) is 0 Å². The summed E-state index contributed by atoms with van der Waals surface area (Å²) in [6.45, 7) is 7.32. The molecule has 5 rings (SSSR count). The lowest BCUT2D eigenvalue weighted by atomic mass is 10.1. The summed E-state index contributed by atoms with van der Waals surface area (Å²) in [5.74, 6) is 0.827. The van der Waals surface area contributed by atoms with Crippen LogP contribution in [0.2, 0.25) is 5.02 Å². The molecule has 0 saturated carbocycles. The topological polar surface area (TPSA) is 134 Å². The summed E-state index contributed by atoms with van der Waals surface area (Å²) in [4.78, 5) is 31.9. The van der Waals surface area contributed by atoms with Crippen LogP contribution in [0, 0.1) is 0 Å². The predicted molar refractivity (Wildman–Crippen MR) is 138 cm³/mol. The first-order chi connectivity index (χ1) is 17.6. The number of piperidine rings is 1. The molecule has 196 valence electrons. The van der Waals surface area contributed by atoms with Crippen LogP contribution in [-0.4, -0.2) is 63.6 Å². The van der Waals surface area contributed by atoms with Crippen LogP contribution >= 0.6 is 11.6 Å². The number of ether oxygens (including phenoxy) is 3. The van der Waals surface area contributed by atoms with Crippen molar-refractivity contribution in [1.82, 2.24) is 19.7 Å². The van der Waals surface area contributed by atoms with Gasteiger partial charge in [0.15, 0.2) is 17.2 Å². The van der Waals surface area contributed by atoms with Gasteiger partial charge in [-0.15, -0.1) is 0 Å². The number of aromatic nitrogens is 3. The maximum Gasteiger partial charge on any atom is 0.410 e. The number of anilines is 2. The van der Waals surface area contributed by atoms with Crippen molar-refractivity contribution in [2.75, 3.05) is 37.4 Å². The van der Waals surface area contributed by atoms with Gasteiger partial charge < -0.3 is 30.2 Å². The Morgan fingerprint density at radius 1 is 1.22 bits per heavy atom. The van der Waals surface area contributed by atoms with Gasteiger partial charge in [-0.3, -0.25) is 9.48 Å². The number of nitrogens with zero attached hydrogens (tertiary/aromatic N) is 4. The largest absolute Gasteiger partial charge is 0.486 e. The quantitative estimate of drug-likeness (QED) is 0.515. The summed E-state index contributed by atoms with van der Waals surface area (Å²) in [5.41, 5.74) is 6.71. The normalized spacial score (nSPS) is 17.5. The maximum atomic E-state index is 13.4. The second kappa shape index (κ2) is 9.62. The van der Waals surface area contributed by atoms with Crippen molar-refractivity contribution in [1.29, 1.82) is 0 Å². The van der Waals surface area contributed by atoms with E-state index in [2.05, 4.69) is 15.4 Å². The summed E-state index contributed by atoms with van der Waals surface area (Å²) in [7, 11) is 0. The standard InChI is InChI=1S/C25H29ClN6O5/c1-25(2,3)37-24(34)31-8-4-5-15(13-31)32-21-16(26)12-28-22(27)19(21)20(30-32)23(33)29-14-6-7-17-18(11-14)36-10-9-35-17/h6-7,11-12,15H,4-5,8-10,13H2,1-3H3,(H2,27,28)(H,29,33)/t15-/m1/s1. The summed E-state index contributed by atoms with van der Waals surface area (Å²) in [6.07, 6.45) is 2.52. The van der Waals surface area contributed by atoms with E-state index in [-0.39, 0.29) is 17.6 Å². The molecule has 0 aliphatic carbocycles. The van der Waals surface area contributed by atoms with Crippen molar-refractivity contribution in [3.8, 4) is 11.5 Å². The molecule has 3 N–H and O–H groups in total. The molecule has 2 aliphatic heterocycles. The molecule has 0 radical (unpaired) electrons. The molecule has 1 aromatic carbocycles. The molecule has 0 bridgehead atoms. The Kier molecular flexibility index (Phi) is 6.49. The minimum absolute atomic E-state index is 0.0896. The average molecular weight is 529 g/mol. The number of rotatable bonds is 3. The first-order valence-electron chi connectivity index (χ1n) is 12.1. The molecule has 37 heavy (non-hydrogen) atoms. The predicted octanol–water partition coefficient (Wildman–Crippen LogP) is 4.26. The molecule has 12 heteroatoms. The van der Waals surface area contributed by atoms with Crippen LogP contribution in [0.25, 0.3) is 10.9 Å². The molecule has 1 saturated heterocycles. The molecule has 1 atom stereocenters. The fourth-order valence-corrected chi connectivity index (χ4v) is 4.77. The van der Waals surface area contributed by atoms with Gasteiger partial charge in [-0.05, 0) is 45.7 Å². The SMILES string of the molecule is CC(C)(C)OC(=O)N1CCC[C@@H](n2nc(C(=O)Nc3ccc4c(c3)OCCO4)c3c(N)ncc(Cl)c32)C1. The zero-order chi connectivity index (χ0) is 26.3. The summed E-state index contributed by atoms with van der Waals surface area (Å²) in [5, 5.41) is 8.17. The molecular weight excluding hydrogens is 500 g/mol. The van der Waals surface area contributed by atoms with E-state index in [1.807, 2.05) is 20.8 Å². The van der Waals surface area contributed by atoms with Crippen LogP contribution < -0.4 is 20.5 Å². The fourth-order valence-electron chi connectivity index (χ4n) is 4.54. The lowest BCUT2D eigenvalue weighted by Gasteiger charge is -2.34. The minimum atomic E-state index is -0.606. The zero-order valence-electron chi connectivity index (χ0n) is 20.9. The monoisotopic (exact) mass is 528 g/mol. The van der Waals surface area contributed by atoms with E-state index in [9.17, 15) is 9.59 Å². The number of nitrogen functional groups attached to an aromatic ring is 1. The smallest absolute Gasteiger partial charge is 0.410 e. The van der Waals surface area contributed by atoms with Gasteiger partial charge in [-0.1, -0.05) is 11.6 Å². The van der Waals surface area contributed by atoms with E-state index >= 15 is 0 Å². The Bertz CT molecular complexity index is 1370. The third-order valence-electron chi connectivity index (χ3n) is 6.12. The van der Waals surface area contributed by atoms with Gasteiger partial charge in [0.25, 0.3) is 5.91 Å². The number of hydrogen-bond donors (Lipinski definition) is 2. The van der Waals surface area contributed by atoms with Gasteiger partial charge in [-0.2, -0.15) is 5.10 Å². The van der Waals surface area contributed by atoms with Crippen molar-refractivity contribution in [2.24, 2.45) is 0 Å². The number of benzene rings is 1. The Hall–Kier alpha value is -3.73. The summed E-state index contributed by atoms with van der Waals surface area (Å²) in [6, 6.07) is 4.92. The van der Waals surface area contributed by atoms with E-state index in [4.69, 9.17) is 31.5 Å². The average Bonchev–Trinajstić information content (AvgIpc) is 3.28. The Morgan fingerprint density at radius 3 is 2.73 bits per heavy atom. The van der Waals surface area contributed by atoms with Crippen LogP contribution in [0.15, 0.2) is 24.4 Å². The number of hydrogen-bond acceptors (Lipinski definition) is 8. The molecule has 11 nitrogen and oxygen atoms in total. The number of nitrogens with one attached hydrogen (secondary N) is 1. The lowest BCUT2D eigenvalue weighted by molar-refractivity contribution is 0.0169. The molecule has 3 aromatic rings. The zero-order valence-corrected chi connectivity index (χ0v) is 21.7. The molecule has 2 aliphatic rings. The first-order valence-corrected chi connectivity index (χ1v) is 12.5. The molecule has 2 amide bonds. The molecule has 2 aromatic heterocycles. The number of carbonyl (C=O) groups is 2. The third kappa shape index (κ3) is 5.08. The lowest BCUT2D eigenvalue weighted by Crippen LogP contribution is -2.43. The number of nitrogens with two attached hydrogens (primary N) is 1. The number of fused-ring (bicyclic) bond motifs is 2. The molecule has 1 fully saturated rings. The van der Waals surface area contributed by atoms with E-state index in [0.29, 0.717) is 59.4 Å². The van der Waals surface area contributed by atoms with Crippen molar-refractivity contribution in [3.05, 3.63) is 35.1 Å². The minimum Gasteiger partial charge on any atom is -0.486 e. The first kappa shape index (κ1) is 24.9. The van der Waals surface area contributed by atoms with Crippen molar-refractivity contribution in [2.45, 2.75) is 45.3 Å². The number of halogens is 1. The molecular formula is C25H29ClN6O5. The van der Waals surface area contributed by atoms with Crippen molar-refractivity contribution >= 4 is 46.0 Å². The van der Waals surface area contributed by atoms with Crippen LogP contribution in [0.3, 0.4) is 0 Å². The maximum absolute atomic E-state index is 13.4. The number of pyridine rings is 1. The summed E-state index contributed by atoms with van der Waals surface area (Å²) < 4.78 is 18.4. The van der Waals surface area contributed by atoms with Crippen molar-refractivity contribution < 1.29 is 23.8 Å². The van der Waals surface area contributed by atoms with Crippen LogP contribution in [0.1, 0.15) is 50.1 Å². The van der Waals surface area contributed by atoms with Crippen LogP contribution in [-0.2, 0) is 4.74 Å². The van der Waals surface area contributed by atoms with E-state index in [0.717, 1.165) is 12.8 Å². The second-order valence-electron chi connectivity index (χ2n) is 10.0. The van der Waals surface area contributed by atoms with E-state index in [1.165, 1.54) is 6.20 Å². The Balaban J connectivity index is 1.47. The van der Waals surface area contributed by atoms with Crippen LogP contribution in [0.4, 0.5) is 16.3 Å². The highest BCUT2D eigenvalue weighted by Gasteiger charge is 2.32. The number of amides is 2. The molecule has 0 spiro atoms. The van der Waals surface area contributed by atoms with Crippen LogP contribution in [0.5, 0.6) is 11.5 Å². The van der Waals surface area contributed by atoms with E-state index < -0.39 is 17.6 Å². The highest BCUT2D eigenvalue weighted by molar-refractivity contribution is 6.36. The third-order valence-corrected chi connectivity index (χ3v) is 6.40. The van der Waals surface area contributed by atoms with Gasteiger partial charge >= 0.3 is 6.09 Å². The Morgan fingerprint density at radius 2 is 1.97 bits per heavy atom. The highest BCUT2D eigenvalue weighted by atomic mass is 35.5. The number of likely N-dealkylation sites (tertiary alicyclic amines) is 1. The highest BCUT2D eigenvalue weighted by Crippen LogP contribution is 2.36. The van der Waals surface area contributed by atoms with Gasteiger partial charge in [-0.25, -0.2) is 9.78 Å². The summed E-state index contributed by atoms with van der Waals surface area (Å²) >= 11 is 6.55. The number of carbonyl (C=O) groups excluding carboxylic acids is 2. The van der Waals surface area contributed by atoms with Gasteiger partial charge in [0, 0.05) is 24.8 Å². The van der Waals surface area contributed by atoms with Crippen molar-refractivity contribution in [3.63, 3.8) is 0 Å².